The predicted molar refractivity (Wildman–Crippen MR) is 107 cm³/mol. The maximum atomic E-state index is 13.6. The van der Waals surface area contributed by atoms with Gasteiger partial charge in [0.15, 0.2) is 5.69 Å². The molecule has 158 valence electrons. The second kappa shape index (κ2) is 9.77. The zero-order valence-electron chi connectivity index (χ0n) is 15.8. The van der Waals surface area contributed by atoms with Crippen molar-refractivity contribution in [1.29, 1.82) is 0 Å². The average molecular weight is 438 g/mol. The number of alkyl halides is 3. The first kappa shape index (κ1) is 21.9. The van der Waals surface area contributed by atoms with E-state index in [9.17, 15) is 18.0 Å². The first-order valence-electron chi connectivity index (χ1n) is 9.17. The molecule has 0 unspecified atom stereocenters. The van der Waals surface area contributed by atoms with Gasteiger partial charge in [0, 0.05) is 18.2 Å². The molecule has 5 nitrogen and oxygen atoms in total. The van der Waals surface area contributed by atoms with E-state index in [4.69, 9.17) is 16.3 Å². The maximum absolute atomic E-state index is 13.6. The molecule has 3 aromatic rings. The molecule has 0 atom stereocenters. The monoisotopic (exact) mass is 437 g/mol. The van der Waals surface area contributed by atoms with Crippen LogP contribution in [0.2, 0.25) is 5.02 Å². The summed E-state index contributed by atoms with van der Waals surface area (Å²) in [6.07, 6.45) is -3.38. The van der Waals surface area contributed by atoms with Gasteiger partial charge in [0.25, 0.3) is 5.91 Å². The lowest BCUT2D eigenvalue weighted by molar-refractivity contribution is -0.143. The molecule has 0 spiro atoms. The minimum atomic E-state index is -4.76. The van der Waals surface area contributed by atoms with Crippen LogP contribution in [0.25, 0.3) is 5.69 Å². The first-order valence-corrected chi connectivity index (χ1v) is 9.55. The van der Waals surface area contributed by atoms with Crippen LogP contribution in [0.1, 0.15) is 28.0 Å². The summed E-state index contributed by atoms with van der Waals surface area (Å²) in [6.45, 7) is 0.975. The number of carbonyl (C=O) groups is 1. The zero-order chi connectivity index (χ0) is 21.6. The first-order chi connectivity index (χ1) is 14.4. The second-order valence-corrected chi connectivity index (χ2v) is 6.88. The van der Waals surface area contributed by atoms with Crippen LogP contribution >= 0.6 is 11.6 Å². The van der Waals surface area contributed by atoms with Crippen LogP contribution in [0.5, 0.6) is 0 Å². The highest BCUT2D eigenvalue weighted by molar-refractivity contribution is 6.30. The molecule has 1 amide bonds. The Morgan fingerprint density at radius 1 is 1.10 bits per heavy atom. The van der Waals surface area contributed by atoms with Crippen molar-refractivity contribution in [3.05, 3.63) is 82.6 Å². The third-order valence-electron chi connectivity index (χ3n) is 4.22. The predicted octanol–water partition coefficient (Wildman–Crippen LogP) is 4.88. The van der Waals surface area contributed by atoms with E-state index in [2.05, 4.69) is 10.4 Å². The van der Waals surface area contributed by atoms with E-state index in [0.717, 1.165) is 11.8 Å². The van der Waals surface area contributed by atoms with E-state index < -0.39 is 23.3 Å². The number of benzene rings is 2. The Morgan fingerprint density at radius 3 is 2.47 bits per heavy atom. The molecule has 0 aliphatic rings. The fourth-order valence-electron chi connectivity index (χ4n) is 2.80. The lowest BCUT2D eigenvalue weighted by Gasteiger charge is -2.13. The number of hydrogen-bond acceptors (Lipinski definition) is 3. The quantitative estimate of drug-likeness (QED) is 0.511. The number of ether oxygens (including phenoxy) is 1. The van der Waals surface area contributed by atoms with Gasteiger partial charge in [0.2, 0.25) is 0 Å². The summed E-state index contributed by atoms with van der Waals surface area (Å²) < 4.78 is 47.1. The van der Waals surface area contributed by atoms with Gasteiger partial charge in [-0.1, -0.05) is 41.9 Å². The van der Waals surface area contributed by atoms with Crippen molar-refractivity contribution in [2.45, 2.75) is 19.2 Å². The molecule has 1 N–H and O–H groups in total. The molecule has 0 bridgehead atoms. The van der Waals surface area contributed by atoms with Gasteiger partial charge < -0.3 is 10.1 Å². The highest BCUT2D eigenvalue weighted by Crippen LogP contribution is 2.33. The normalized spacial score (nSPS) is 11.5. The fraction of sp³-hybridized carbons (Fsp3) is 0.238. The summed E-state index contributed by atoms with van der Waals surface area (Å²) in [5, 5.41) is 6.63. The molecule has 0 aliphatic heterocycles. The van der Waals surface area contributed by atoms with Crippen molar-refractivity contribution >= 4 is 17.5 Å². The van der Waals surface area contributed by atoms with Crippen LogP contribution in [-0.2, 0) is 17.5 Å². The lowest BCUT2D eigenvalue weighted by atomic mass is 10.2. The smallest absolute Gasteiger partial charge is 0.377 e. The lowest BCUT2D eigenvalue weighted by Crippen LogP contribution is -2.28. The molecule has 0 saturated heterocycles. The summed E-state index contributed by atoms with van der Waals surface area (Å²) in [4.78, 5) is 12.3. The van der Waals surface area contributed by atoms with Crippen LogP contribution in [0.15, 0.2) is 60.8 Å². The van der Waals surface area contributed by atoms with Crippen LogP contribution in [0, 0.1) is 0 Å². The zero-order valence-corrected chi connectivity index (χ0v) is 16.6. The minimum Gasteiger partial charge on any atom is -0.377 e. The molecule has 1 aromatic heterocycles. The van der Waals surface area contributed by atoms with Gasteiger partial charge in [-0.2, -0.15) is 18.3 Å². The topological polar surface area (TPSA) is 56.1 Å². The third-order valence-corrected chi connectivity index (χ3v) is 4.47. The van der Waals surface area contributed by atoms with Gasteiger partial charge in [0.1, 0.15) is 0 Å². The minimum absolute atomic E-state index is 0.153. The van der Waals surface area contributed by atoms with Crippen molar-refractivity contribution in [3.63, 3.8) is 0 Å². The van der Waals surface area contributed by atoms with Crippen molar-refractivity contribution in [3.8, 4) is 5.69 Å². The van der Waals surface area contributed by atoms with Crippen LogP contribution < -0.4 is 5.32 Å². The van der Waals surface area contributed by atoms with Crippen LogP contribution in [0.3, 0.4) is 0 Å². The van der Waals surface area contributed by atoms with Gasteiger partial charge >= 0.3 is 6.18 Å². The number of aromatic nitrogens is 2. The molecular weight excluding hydrogens is 419 g/mol. The number of halogens is 4. The van der Waals surface area contributed by atoms with Gasteiger partial charge in [-0.15, -0.1) is 0 Å². The molecule has 0 radical (unpaired) electrons. The van der Waals surface area contributed by atoms with Crippen molar-refractivity contribution < 1.29 is 22.7 Å². The highest BCUT2D eigenvalue weighted by atomic mass is 35.5. The number of amides is 1. The van der Waals surface area contributed by atoms with Gasteiger partial charge in [-0.25, -0.2) is 4.68 Å². The van der Waals surface area contributed by atoms with Crippen LogP contribution in [0.4, 0.5) is 13.2 Å². The van der Waals surface area contributed by atoms with Crippen molar-refractivity contribution in [1.82, 2.24) is 15.1 Å². The van der Waals surface area contributed by atoms with E-state index in [1.54, 1.807) is 0 Å². The third kappa shape index (κ3) is 5.61. The van der Waals surface area contributed by atoms with Crippen molar-refractivity contribution in [2.75, 3.05) is 13.2 Å². The fourth-order valence-corrected chi connectivity index (χ4v) is 2.93. The molecule has 3 rings (SSSR count). The summed E-state index contributed by atoms with van der Waals surface area (Å²) in [6, 6.07) is 15.3. The Kier molecular flexibility index (Phi) is 7.12. The number of hydrogen-bond donors (Lipinski definition) is 1. The maximum Gasteiger partial charge on any atom is 0.434 e. The molecular formula is C21H19ClF3N3O2. The number of rotatable bonds is 8. The van der Waals surface area contributed by atoms with E-state index in [-0.39, 0.29) is 12.2 Å². The molecule has 0 fully saturated rings. The molecule has 2 aromatic carbocycles. The highest BCUT2D eigenvalue weighted by Gasteiger charge is 2.40. The van der Waals surface area contributed by atoms with Crippen LogP contribution in [-0.4, -0.2) is 28.8 Å². The summed E-state index contributed by atoms with van der Waals surface area (Å²) in [5.74, 6) is -0.842. The largest absolute Gasteiger partial charge is 0.434 e. The Labute approximate surface area is 176 Å². The molecule has 9 heteroatoms. The summed E-state index contributed by atoms with van der Waals surface area (Å²) in [5.41, 5.74) is -0.503. The average Bonchev–Trinajstić information content (AvgIpc) is 3.17. The Morgan fingerprint density at radius 2 is 1.80 bits per heavy atom. The molecule has 0 aliphatic carbocycles. The Hall–Kier alpha value is -2.84. The summed E-state index contributed by atoms with van der Waals surface area (Å²) >= 11 is 5.79. The SMILES string of the molecule is O=C(NCCCOCc1ccccc1)c1cnn(-c2ccc(Cl)cc2)c1C(F)(F)F. The molecule has 0 saturated carbocycles. The van der Waals surface area contributed by atoms with Gasteiger partial charge in [-0.05, 0) is 36.2 Å². The second-order valence-electron chi connectivity index (χ2n) is 6.44. The summed E-state index contributed by atoms with van der Waals surface area (Å²) in [7, 11) is 0. The van der Waals surface area contributed by atoms with Gasteiger partial charge in [0.05, 0.1) is 24.1 Å². The van der Waals surface area contributed by atoms with E-state index >= 15 is 0 Å². The number of carbonyl (C=O) groups excluding carboxylic acids is 1. The van der Waals surface area contributed by atoms with Gasteiger partial charge in [-0.3, -0.25) is 4.79 Å². The Bertz CT molecular complexity index is 973. The number of nitrogens with one attached hydrogen (secondary N) is 1. The Balaban J connectivity index is 1.59. The molecule has 30 heavy (non-hydrogen) atoms. The van der Waals surface area contributed by atoms with E-state index in [1.807, 2.05) is 30.3 Å². The van der Waals surface area contributed by atoms with E-state index in [0.29, 0.717) is 29.3 Å². The molecule has 1 heterocycles. The number of nitrogens with zero attached hydrogens (tertiary/aromatic N) is 2. The van der Waals surface area contributed by atoms with E-state index in [1.165, 1.54) is 24.3 Å². The van der Waals surface area contributed by atoms with Crippen molar-refractivity contribution in [2.24, 2.45) is 0 Å². The standard InChI is InChI=1S/C21H19ClF3N3O2/c22-16-7-9-17(10-8-16)28-19(21(23,24)25)18(13-27-28)20(29)26-11-4-12-30-14-15-5-2-1-3-6-15/h1-3,5-10,13H,4,11-12,14H2,(H,26,29).